The third-order valence-corrected chi connectivity index (χ3v) is 5.89. The zero-order valence-corrected chi connectivity index (χ0v) is 15.6. The van der Waals surface area contributed by atoms with Gasteiger partial charge in [-0.3, -0.25) is 4.99 Å². The van der Waals surface area contributed by atoms with Gasteiger partial charge >= 0.3 is 0 Å². The van der Waals surface area contributed by atoms with Gasteiger partial charge in [0.15, 0.2) is 5.96 Å². The first kappa shape index (κ1) is 19.6. The van der Waals surface area contributed by atoms with Crippen molar-refractivity contribution in [1.29, 1.82) is 0 Å². The summed E-state index contributed by atoms with van der Waals surface area (Å²) in [5.41, 5.74) is 0. The Balaban J connectivity index is 2.19. The van der Waals surface area contributed by atoms with E-state index >= 15 is 0 Å². The molecule has 0 aromatic rings. The lowest BCUT2D eigenvalue weighted by atomic mass is 9.98. The molecule has 0 radical (unpaired) electrons. The molecular formula is C14H30N4O2S2. The molecule has 1 fully saturated rings. The monoisotopic (exact) mass is 350 g/mol. The van der Waals surface area contributed by atoms with Crippen molar-refractivity contribution in [3.8, 4) is 0 Å². The number of hydrogen-bond donors (Lipinski definition) is 2. The predicted molar refractivity (Wildman–Crippen MR) is 96.1 cm³/mol. The van der Waals surface area contributed by atoms with Crippen LogP contribution in [0.15, 0.2) is 4.99 Å². The highest BCUT2D eigenvalue weighted by Crippen LogP contribution is 2.18. The lowest BCUT2D eigenvalue weighted by molar-refractivity contribution is 0.275. The molecule has 6 nitrogen and oxygen atoms in total. The number of nitrogens with zero attached hydrogens (tertiary/aromatic N) is 2. The van der Waals surface area contributed by atoms with Crippen LogP contribution >= 0.6 is 11.8 Å². The van der Waals surface area contributed by atoms with Crippen LogP contribution in [0.4, 0.5) is 0 Å². The summed E-state index contributed by atoms with van der Waals surface area (Å²) in [6.45, 7) is 3.05. The van der Waals surface area contributed by atoms with Gasteiger partial charge in [0.05, 0.1) is 6.26 Å². The quantitative estimate of drug-likeness (QED) is 0.388. The second-order valence-electron chi connectivity index (χ2n) is 5.69. The fraction of sp³-hybridized carbons (Fsp3) is 0.929. The molecule has 0 bridgehead atoms. The molecule has 130 valence electrons. The van der Waals surface area contributed by atoms with Crippen molar-refractivity contribution < 1.29 is 8.42 Å². The Kier molecular flexibility index (Phi) is 9.19. The second kappa shape index (κ2) is 10.3. The zero-order chi connectivity index (χ0) is 16.4. The molecule has 0 amide bonds. The molecule has 0 aromatic carbocycles. The van der Waals surface area contributed by atoms with Crippen LogP contribution in [-0.4, -0.2) is 70.2 Å². The van der Waals surface area contributed by atoms with E-state index in [0.717, 1.165) is 38.3 Å². The van der Waals surface area contributed by atoms with E-state index in [0.29, 0.717) is 19.0 Å². The van der Waals surface area contributed by atoms with Gasteiger partial charge in [-0.2, -0.15) is 11.8 Å². The fourth-order valence-corrected chi connectivity index (χ4v) is 3.85. The Labute approximate surface area is 139 Å². The predicted octanol–water partition coefficient (Wildman–Crippen LogP) is 0.966. The van der Waals surface area contributed by atoms with E-state index in [1.807, 2.05) is 11.8 Å². The molecule has 8 heteroatoms. The largest absolute Gasteiger partial charge is 0.356 e. The molecule has 0 aliphatic carbocycles. The van der Waals surface area contributed by atoms with E-state index < -0.39 is 10.0 Å². The molecule has 1 aliphatic heterocycles. The van der Waals surface area contributed by atoms with Gasteiger partial charge in [-0.15, -0.1) is 0 Å². The van der Waals surface area contributed by atoms with Crippen LogP contribution in [0.25, 0.3) is 0 Å². The Hall–Kier alpha value is -0.470. The highest BCUT2D eigenvalue weighted by molar-refractivity contribution is 7.98. The number of nitrogens with one attached hydrogen (secondary N) is 2. The Morgan fingerprint density at radius 1 is 1.27 bits per heavy atom. The molecule has 0 atom stereocenters. The minimum Gasteiger partial charge on any atom is -0.356 e. The van der Waals surface area contributed by atoms with Gasteiger partial charge in [0.2, 0.25) is 10.0 Å². The molecule has 0 saturated carbocycles. The van der Waals surface area contributed by atoms with Crippen molar-refractivity contribution in [2.75, 3.05) is 51.5 Å². The summed E-state index contributed by atoms with van der Waals surface area (Å²) in [5.74, 6) is 2.55. The van der Waals surface area contributed by atoms with Crippen LogP contribution in [0.2, 0.25) is 0 Å². The highest BCUT2D eigenvalue weighted by atomic mass is 32.2. The van der Waals surface area contributed by atoms with Gasteiger partial charge in [-0.1, -0.05) is 0 Å². The van der Waals surface area contributed by atoms with Crippen molar-refractivity contribution in [3.05, 3.63) is 0 Å². The number of thioether (sulfide) groups is 1. The first-order chi connectivity index (χ1) is 10.5. The lowest BCUT2D eigenvalue weighted by Gasteiger charge is -2.30. The van der Waals surface area contributed by atoms with Gasteiger partial charge in [-0.25, -0.2) is 12.7 Å². The highest BCUT2D eigenvalue weighted by Gasteiger charge is 2.24. The summed E-state index contributed by atoms with van der Waals surface area (Å²) in [7, 11) is -1.25. The van der Waals surface area contributed by atoms with Crippen molar-refractivity contribution in [1.82, 2.24) is 14.9 Å². The maximum atomic E-state index is 11.5. The molecule has 22 heavy (non-hydrogen) atoms. The van der Waals surface area contributed by atoms with Crippen molar-refractivity contribution in [2.24, 2.45) is 10.9 Å². The SMILES string of the molecule is CN=C(NCCCCSC)NCC1CCN(S(C)(=O)=O)CC1. The number of aliphatic imine (C=N–C) groups is 1. The number of hydrogen-bond acceptors (Lipinski definition) is 4. The summed E-state index contributed by atoms with van der Waals surface area (Å²) in [5, 5.41) is 6.67. The first-order valence-corrected chi connectivity index (χ1v) is 11.1. The molecule has 1 rings (SSSR count). The molecule has 2 N–H and O–H groups in total. The van der Waals surface area contributed by atoms with E-state index in [9.17, 15) is 8.42 Å². The minimum absolute atomic E-state index is 0.507. The fourth-order valence-electron chi connectivity index (χ4n) is 2.48. The zero-order valence-electron chi connectivity index (χ0n) is 14.0. The summed E-state index contributed by atoms with van der Waals surface area (Å²) in [4.78, 5) is 4.23. The number of rotatable bonds is 8. The third-order valence-electron chi connectivity index (χ3n) is 3.89. The van der Waals surface area contributed by atoms with Gasteiger partial charge in [0.1, 0.15) is 0 Å². The maximum absolute atomic E-state index is 11.5. The normalized spacial score (nSPS) is 18.4. The van der Waals surface area contributed by atoms with Crippen LogP contribution in [0, 0.1) is 5.92 Å². The summed E-state index contributed by atoms with van der Waals surface area (Å²) in [6, 6.07) is 0. The van der Waals surface area contributed by atoms with Crippen LogP contribution in [0.1, 0.15) is 25.7 Å². The molecule has 0 unspecified atom stereocenters. The van der Waals surface area contributed by atoms with E-state index in [4.69, 9.17) is 0 Å². The van der Waals surface area contributed by atoms with Gasteiger partial charge < -0.3 is 10.6 Å². The van der Waals surface area contributed by atoms with Crippen LogP contribution in [-0.2, 0) is 10.0 Å². The molecule has 1 heterocycles. The first-order valence-electron chi connectivity index (χ1n) is 7.86. The third kappa shape index (κ3) is 7.69. The van der Waals surface area contributed by atoms with Crippen LogP contribution in [0.3, 0.4) is 0 Å². The van der Waals surface area contributed by atoms with E-state index in [-0.39, 0.29) is 0 Å². The number of sulfonamides is 1. The Morgan fingerprint density at radius 2 is 1.95 bits per heavy atom. The van der Waals surface area contributed by atoms with Crippen molar-refractivity contribution in [2.45, 2.75) is 25.7 Å². The summed E-state index contributed by atoms with van der Waals surface area (Å²) < 4.78 is 24.5. The molecular weight excluding hydrogens is 320 g/mol. The number of guanidine groups is 1. The Morgan fingerprint density at radius 3 is 2.50 bits per heavy atom. The number of piperidine rings is 1. The molecule has 1 aliphatic rings. The minimum atomic E-state index is -3.03. The average Bonchev–Trinajstić information content (AvgIpc) is 2.49. The molecule has 0 aromatic heterocycles. The van der Waals surface area contributed by atoms with Gasteiger partial charge in [-0.05, 0) is 43.6 Å². The Bertz CT molecular complexity index is 432. The number of unbranched alkanes of at least 4 members (excludes halogenated alkanes) is 1. The van der Waals surface area contributed by atoms with Gasteiger partial charge in [0, 0.05) is 33.2 Å². The van der Waals surface area contributed by atoms with Crippen molar-refractivity contribution in [3.63, 3.8) is 0 Å². The van der Waals surface area contributed by atoms with Gasteiger partial charge in [0.25, 0.3) is 0 Å². The standard InChI is InChI=1S/C14H30N4O2S2/c1-15-14(16-8-4-5-11-21-2)17-12-13-6-9-18(10-7-13)22(3,19)20/h13H,4-12H2,1-3H3,(H2,15,16,17). The lowest BCUT2D eigenvalue weighted by Crippen LogP contribution is -2.44. The van der Waals surface area contributed by atoms with E-state index in [1.165, 1.54) is 18.4 Å². The second-order valence-corrected chi connectivity index (χ2v) is 8.65. The van der Waals surface area contributed by atoms with Crippen LogP contribution < -0.4 is 10.6 Å². The van der Waals surface area contributed by atoms with E-state index in [1.54, 1.807) is 11.4 Å². The summed E-state index contributed by atoms with van der Waals surface area (Å²) >= 11 is 1.88. The smallest absolute Gasteiger partial charge is 0.211 e. The molecule has 1 saturated heterocycles. The summed E-state index contributed by atoms with van der Waals surface area (Å²) in [6.07, 6.45) is 7.59. The van der Waals surface area contributed by atoms with Crippen molar-refractivity contribution >= 4 is 27.7 Å². The average molecular weight is 351 g/mol. The van der Waals surface area contributed by atoms with Crippen LogP contribution in [0.5, 0.6) is 0 Å². The molecule has 0 spiro atoms. The maximum Gasteiger partial charge on any atom is 0.211 e. The van der Waals surface area contributed by atoms with E-state index in [2.05, 4.69) is 21.9 Å². The topological polar surface area (TPSA) is 73.8 Å².